The normalized spacial score (nSPS) is 12.6. The van der Waals surface area contributed by atoms with Crippen molar-refractivity contribution in [2.75, 3.05) is 13.2 Å². The van der Waals surface area contributed by atoms with E-state index in [9.17, 15) is 19.8 Å². The number of aliphatic hydroxyl groups is 2. The molecule has 0 aliphatic rings. The zero-order valence-corrected chi connectivity index (χ0v) is 57.2. The summed E-state index contributed by atoms with van der Waals surface area (Å²) in [6.45, 7) is 4.99. The molecule has 2 unspecified atom stereocenters. The van der Waals surface area contributed by atoms with Gasteiger partial charge in [0.15, 0.2) is 0 Å². The third kappa shape index (κ3) is 69.4. The second kappa shape index (κ2) is 73.8. The lowest BCUT2D eigenvalue weighted by molar-refractivity contribution is -0.143. The average molecular weight is 1180 g/mol. The summed E-state index contributed by atoms with van der Waals surface area (Å²) in [5, 5.41) is 23.5. The molecule has 2 atom stereocenters. The van der Waals surface area contributed by atoms with Crippen molar-refractivity contribution in [1.29, 1.82) is 0 Å². The van der Waals surface area contributed by atoms with Gasteiger partial charge in [0.25, 0.3) is 0 Å². The van der Waals surface area contributed by atoms with Gasteiger partial charge in [0, 0.05) is 12.8 Å². The van der Waals surface area contributed by atoms with Gasteiger partial charge in [0.1, 0.15) is 0 Å². The van der Waals surface area contributed by atoms with Gasteiger partial charge in [-0.3, -0.25) is 9.59 Å². The van der Waals surface area contributed by atoms with Gasteiger partial charge < -0.3 is 20.3 Å². The summed E-state index contributed by atoms with van der Waals surface area (Å²) in [6.07, 6.45) is 94.0. The number of hydrogen-bond acceptors (Lipinski definition) is 5. The standard InChI is InChI=1S/C78H151NO5/c1-3-5-7-9-11-13-15-16-17-18-19-20-32-35-38-41-44-47-51-54-58-62-66-70-76(81)75(74-80)79-77(82)71-67-63-59-55-52-48-45-42-39-36-33-30-28-26-24-22-21-23-25-27-29-31-34-37-40-43-46-49-53-57-61-65-69-73-84-78(83)72-68-64-60-56-50-14-12-10-8-6-4-2/h25,27,31,34,75-76,80-81H,3-24,26,28-30,32-33,35-74H2,1-2H3,(H,79,82)/b27-25-,34-31-. The van der Waals surface area contributed by atoms with Gasteiger partial charge in [-0.15, -0.1) is 0 Å². The van der Waals surface area contributed by atoms with E-state index in [2.05, 4.69) is 43.5 Å². The van der Waals surface area contributed by atoms with Gasteiger partial charge in [-0.1, -0.05) is 391 Å². The third-order valence-corrected chi connectivity index (χ3v) is 18.3. The molecule has 6 heteroatoms. The van der Waals surface area contributed by atoms with E-state index in [0.717, 1.165) is 44.9 Å². The van der Waals surface area contributed by atoms with E-state index in [4.69, 9.17) is 4.74 Å². The summed E-state index contributed by atoms with van der Waals surface area (Å²) in [5.74, 6) is -0.0129. The Balaban J connectivity index is 3.38. The Morgan fingerprint density at radius 3 is 0.905 bits per heavy atom. The van der Waals surface area contributed by atoms with Crippen LogP contribution in [-0.2, 0) is 14.3 Å². The minimum atomic E-state index is -0.664. The van der Waals surface area contributed by atoms with Crippen LogP contribution in [0.4, 0.5) is 0 Å². The molecule has 3 N–H and O–H groups in total. The van der Waals surface area contributed by atoms with Crippen LogP contribution < -0.4 is 5.32 Å². The number of ether oxygens (including phenoxy) is 1. The molecule has 0 radical (unpaired) electrons. The zero-order chi connectivity index (χ0) is 60.6. The Bertz CT molecular complexity index is 1320. The molecule has 498 valence electrons. The molecule has 0 heterocycles. The minimum absolute atomic E-state index is 0.0147. The lowest BCUT2D eigenvalue weighted by atomic mass is 10.0. The number of amides is 1. The first-order valence-corrected chi connectivity index (χ1v) is 38.6. The topological polar surface area (TPSA) is 95.9 Å². The number of carbonyl (C=O) groups is 2. The molecule has 0 aliphatic carbocycles. The van der Waals surface area contributed by atoms with Crippen LogP contribution in [0, 0.1) is 0 Å². The maximum absolute atomic E-state index is 12.6. The highest BCUT2D eigenvalue weighted by Crippen LogP contribution is 2.20. The number of allylic oxidation sites excluding steroid dienone is 4. The molecular formula is C78H151NO5. The molecule has 0 aliphatic heterocycles. The summed E-state index contributed by atoms with van der Waals surface area (Å²) >= 11 is 0. The highest BCUT2D eigenvalue weighted by molar-refractivity contribution is 5.76. The molecular weight excluding hydrogens is 1030 g/mol. The summed E-state index contributed by atoms with van der Waals surface area (Å²) < 4.78 is 5.47. The van der Waals surface area contributed by atoms with E-state index in [-0.39, 0.29) is 18.5 Å². The van der Waals surface area contributed by atoms with Gasteiger partial charge >= 0.3 is 5.97 Å². The Labute approximate surface area is 526 Å². The predicted octanol–water partition coefficient (Wildman–Crippen LogP) is 25.3. The first kappa shape index (κ1) is 82.3. The highest BCUT2D eigenvalue weighted by Gasteiger charge is 2.20. The first-order chi connectivity index (χ1) is 41.5. The summed E-state index contributed by atoms with van der Waals surface area (Å²) in [5.41, 5.74) is 0. The zero-order valence-electron chi connectivity index (χ0n) is 57.2. The van der Waals surface area contributed by atoms with Gasteiger partial charge in [0.05, 0.1) is 25.4 Å². The number of esters is 1. The van der Waals surface area contributed by atoms with E-state index >= 15 is 0 Å². The Morgan fingerprint density at radius 1 is 0.333 bits per heavy atom. The van der Waals surface area contributed by atoms with Crippen molar-refractivity contribution in [3.05, 3.63) is 24.3 Å². The number of rotatable bonds is 73. The average Bonchev–Trinajstić information content (AvgIpc) is 3.50. The SMILES string of the molecule is CCCCCCCCCCCCCCCCCCCCCCCCCC(O)C(CO)NC(=O)CCCCCCCCCCCCCCCCCCC/C=C\C/C=C\CCCCCCCCCCCOC(=O)CCCCCCCCCCCCC. The lowest BCUT2D eigenvalue weighted by Crippen LogP contribution is -2.45. The summed E-state index contributed by atoms with van der Waals surface area (Å²) in [6, 6.07) is -0.541. The van der Waals surface area contributed by atoms with Crippen molar-refractivity contribution in [2.45, 2.75) is 450 Å². The lowest BCUT2D eigenvalue weighted by Gasteiger charge is -2.22. The van der Waals surface area contributed by atoms with Crippen LogP contribution in [0.5, 0.6) is 0 Å². The smallest absolute Gasteiger partial charge is 0.305 e. The molecule has 0 aromatic rings. The van der Waals surface area contributed by atoms with Crippen molar-refractivity contribution < 1.29 is 24.5 Å². The molecule has 6 nitrogen and oxygen atoms in total. The summed E-state index contributed by atoms with van der Waals surface area (Å²) in [4.78, 5) is 24.6. The molecule has 0 saturated carbocycles. The largest absolute Gasteiger partial charge is 0.466 e. The Kier molecular flexibility index (Phi) is 72.3. The quantitative estimate of drug-likeness (QED) is 0.0320. The molecule has 0 rings (SSSR count). The molecule has 84 heavy (non-hydrogen) atoms. The monoisotopic (exact) mass is 1180 g/mol. The van der Waals surface area contributed by atoms with Crippen molar-refractivity contribution >= 4 is 11.9 Å². The van der Waals surface area contributed by atoms with Crippen LogP contribution in [0.1, 0.15) is 438 Å². The Morgan fingerprint density at radius 2 is 0.595 bits per heavy atom. The van der Waals surface area contributed by atoms with Gasteiger partial charge in [-0.05, 0) is 57.8 Å². The fourth-order valence-corrected chi connectivity index (χ4v) is 12.4. The van der Waals surface area contributed by atoms with E-state index in [1.165, 1.54) is 360 Å². The van der Waals surface area contributed by atoms with Crippen molar-refractivity contribution in [2.24, 2.45) is 0 Å². The Hall–Kier alpha value is -1.66. The van der Waals surface area contributed by atoms with Crippen LogP contribution in [0.25, 0.3) is 0 Å². The molecule has 0 saturated heterocycles. The number of aliphatic hydroxyl groups excluding tert-OH is 2. The molecule has 0 fully saturated rings. The van der Waals surface area contributed by atoms with Crippen molar-refractivity contribution in [3.63, 3.8) is 0 Å². The molecule has 0 bridgehead atoms. The second-order valence-corrected chi connectivity index (χ2v) is 26.7. The van der Waals surface area contributed by atoms with Gasteiger partial charge in [-0.2, -0.15) is 0 Å². The van der Waals surface area contributed by atoms with Crippen LogP contribution >= 0.6 is 0 Å². The van der Waals surface area contributed by atoms with E-state index < -0.39 is 12.1 Å². The fourth-order valence-electron chi connectivity index (χ4n) is 12.4. The first-order valence-electron chi connectivity index (χ1n) is 38.6. The highest BCUT2D eigenvalue weighted by atomic mass is 16.5. The van der Waals surface area contributed by atoms with Crippen LogP contribution in [0.15, 0.2) is 24.3 Å². The van der Waals surface area contributed by atoms with E-state index in [1.807, 2.05) is 0 Å². The van der Waals surface area contributed by atoms with Crippen LogP contribution in [0.2, 0.25) is 0 Å². The van der Waals surface area contributed by atoms with Crippen LogP contribution in [-0.4, -0.2) is 47.4 Å². The number of unbranched alkanes of at least 4 members (excludes halogenated alkanes) is 58. The van der Waals surface area contributed by atoms with Gasteiger partial charge in [-0.25, -0.2) is 0 Å². The maximum atomic E-state index is 12.6. The second-order valence-electron chi connectivity index (χ2n) is 26.7. The number of carbonyl (C=O) groups excluding carboxylic acids is 2. The van der Waals surface area contributed by atoms with Crippen LogP contribution in [0.3, 0.4) is 0 Å². The van der Waals surface area contributed by atoms with Crippen molar-refractivity contribution in [3.8, 4) is 0 Å². The molecule has 0 aromatic heterocycles. The molecule has 0 spiro atoms. The third-order valence-electron chi connectivity index (χ3n) is 18.3. The number of hydrogen-bond donors (Lipinski definition) is 3. The van der Waals surface area contributed by atoms with Crippen molar-refractivity contribution in [1.82, 2.24) is 5.32 Å². The van der Waals surface area contributed by atoms with E-state index in [0.29, 0.717) is 25.9 Å². The van der Waals surface area contributed by atoms with E-state index in [1.54, 1.807) is 0 Å². The van der Waals surface area contributed by atoms with Gasteiger partial charge in [0.2, 0.25) is 5.91 Å². The molecule has 0 aromatic carbocycles. The summed E-state index contributed by atoms with van der Waals surface area (Å²) in [7, 11) is 0. The minimum Gasteiger partial charge on any atom is -0.466 e. The fraction of sp³-hybridized carbons (Fsp3) is 0.923. The molecule has 1 amide bonds. The predicted molar refractivity (Wildman–Crippen MR) is 370 cm³/mol. The maximum Gasteiger partial charge on any atom is 0.305 e. The number of nitrogens with one attached hydrogen (secondary N) is 1.